The molecule has 0 saturated heterocycles. The van der Waals surface area contributed by atoms with Crippen LogP contribution in [0, 0.1) is 0 Å². The summed E-state index contributed by atoms with van der Waals surface area (Å²) in [5, 5.41) is 3.44. The van der Waals surface area contributed by atoms with Crippen molar-refractivity contribution in [3.8, 4) is 0 Å². The first-order valence-electron chi connectivity index (χ1n) is 5.60. The third kappa shape index (κ3) is 6.25. The lowest BCUT2D eigenvalue weighted by atomic mass is 10.3. The van der Waals surface area contributed by atoms with Gasteiger partial charge in [0.05, 0.1) is 6.33 Å². The van der Waals surface area contributed by atoms with Gasteiger partial charge in [-0.3, -0.25) is 0 Å². The fourth-order valence-corrected chi connectivity index (χ4v) is 1.45. The van der Waals surface area contributed by atoms with E-state index >= 15 is 0 Å². The molecule has 0 spiro atoms. The van der Waals surface area contributed by atoms with Crippen LogP contribution in [-0.4, -0.2) is 48.2 Å². The largest absolute Gasteiger partial charge is 0.337 e. The Morgan fingerprint density at radius 1 is 1.27 bits per heavy atom. The third-order valence-electron chi connectivity index (χ3n) is 2.29. The fourth-order valence-electron chi connectivity index (χ4n) is 1.45. The molecular weight excluding hydrogens is 188 g/mol. The highest BCUT2D eigenvalue weighted by Gasteiger charge is 1.92. The Bertz CT molecular complexity index is 231. The summed E-state index contributed by atoms with van der Waals surface area (Å²) in [6, 6.07) is 0. The van der Waals surface area contributed by atoms with Gasteiger partial charge in [-0.25, -0.2) is 4.98 Å². The molecule has 0 aliphatic carbocycles. The van der Waals surface area contributed by atoms with E-state index < -0.39 is 0 Å². The summed E-state index contributed by atoms with van der Waals surface area (Å²) < 4.78 is 2.11. The molecule has 0 bridgehead atoms. The smallest absolute Gasteiger partial charge is 0.0945 e. The first kappa shape index (κ1) is 12.2. The minimum atomic E-state index is 1.06. The van der Waals surface area contributed by atoms with Crippen LogP contribution in [0.1, 0.15) is 12.8 Å². The van der Waals surface area contributed by atoms with Crippen molar-refractivity contribution in [1.29, 1.82) is 0 Å². The van der Waals surface area contributed by atoms with Crippen LogP contribution in [0.3, 0.4) is 0 Å². The number of nitrogens with zero attached hydrogens (tertiary/aromatic N) is 3. The van der Waals surface area contributed by atoms with Gasteiger partial charge in [-0.05, 0) is 46.6 Å². The highest BCUT2D eigenvalue weighted by molar-refractivity contribution is 4.73. The Balaban J connectivity index is 1.85. The number of aryl methyl sites for hydroxylation is 1. The van der Waals surface area contributed by atoms with E-state index in [0.717, 1.165) is 26.2 Å². The van der Waals surface area contributed by atoms with E-state index in [4.69, 9.17) is 0 Å². The Morgan fingerprint density at radius 2 is 2.07 bits per heavy atom. The number of nitrogens with one attached hydrogen (secondary N) is 1. The molecule has 0 saturated carbocycles. The number of imidazole rings is 1. The maximum Gasteiger partial charge on any atom is 0.0945 e. The van der Waals surface area contributed by atoms with Crippen LogP contribution >= 0.6 is 0 Å². The zero-order valence-corrected chi connectivity index (χ0v) is 9.82. The lowest BCUT2D eigenvalue weighted by Crippen LogP contribution is -2.22. The molecule has 0 radical (unpaired) electrons. The molecule has 0 aliphatic heterocycles. The van der Waals surface area contributed by atoms with Crippen LogP contribution in [0.25, 0.3) is 0 Å². The van der Waals surface area contributed by atoms with Crippen molar-refractivity contribution in [3.63, 3.8) is 0 Å². The van der Waals surface area contributed by atoms with Crippen molar-refractivity contribution in [1.82, 2.24) is 19.8 Å². The van der Waals surface area contributed by atoms with Crippen LogP contribution in [0.2, 0.25) is 0 Å². The molecule has 0 fully saturated rings. The summed E-state index contributed by atoms with van der Waals surface area (Å²) in [4.78, 5) is 6.22. The molecular formula is C11H22N4. The number of hydrogen-bond acceptors (Lipinski definition) is 3. The van der Waals surface area contributed by atoms with E-state index in [9.17, 15) is 0 Å². The summed E-state index contributed by atoms with van der Waals surface area (Å²) in [5.74, 6) is 0. The van der Waals surface area contributed by atoms with Crippen molar-refractivity contribution in [2.75, 3.05) is 33.7 Å². The second-order valence-electron chi connectivity index (χ2n) is 4.06. The minimum absolute atomic E-state index is 1.06. The van der Waals surface area contributed by atoms with Crippen LogP contribution in [0.15, 0.2) is 18.7 Å². The average molecular weight is 210 g/mol. The first-order valence-corrected chi connectivity index (χ1v) is 5.60. The maximum atomic E-state index is 4.01. The third-order valence-corrected chi connectivity index (χ3v) is 2.29. The molecule has 1 aromatic rings. The molecule has 0 aromatic carbocycles. The van der Waals surface area contributed by atoms with Crippen molar-refractivity contribution in [3.05, 3.63) is 18.7 Å². The molecule has 15 heavy (non-hydrogen) atoms. The van der Waals surface area contributed by atoms with Crippen molar-refractivity contribution >= 4 is 0 Å². The van der Waals surface area contributed by atoms with Gasteiger partial charge in [0.1, 0.15) is 0 Å². The lowest BCUT2D eigenvalue weighted by Gasteiger charge is -2.09. The van der Waals surface area contributed by atoms with Crippen LogP contribution in [-0.2, 0) is 6.54 Å². The first-order chi connectivity index (χ1) is 7.29. The van der Waals surface area contributed by atoms with E-state index in [0.29, 0.717) is 0 Å². The zero-order valence-electron chi connectivity index (χ0n) is 9.82. The van der Waals surface area contributed by atoms with Crippen LogP contribution in [0.5, 0.6) is 0 Å². The Hall–Kier alpha value is -0.870. The normalized spacial score (nSPS) is 11.1. The van der Waals surface area contributed by atoms with Gasteiger partial charge < -0.3 is 14.8 Å². The molecule has 4 nitrogen and oxygen atoms in total. The summed E-state index contributed by atoms with van der Waals surface area (Å²) >= 11 is 0. The minimum Gasteiger partial charge on any atom is -0.337 e. The van der Waals surface area contributed by atoms with Gasteiger partial charge in [0, 0.05) is 18.9 Å². The van der Waals surface area contributed by atoms with Crippen molar-refractivity contribution < 1.29 is 0 Å². The molecule has 1 aromatic heterocycles. The predicted octanol–water partition coefficient (Wildman–Crippen LogP) is 0.814. The summed E-state index contributed by atoms with van der Waals surface area (Å²) in [7, 11) is 4.22. The van der Waals surface area contributed by atoms with E-state index in [2.05, 4.69) is 33.9 Å². The van der Waals surface area contributed by atoms with Crippen LogP contribution in [0.4, 0.5) is 0 Å². The van der Waals surface area contributed by atoms with Gasteiger partial charge >= 0.3 is 0 Å². The quantitative estimate of drug-likeness (QED) is 0.645. The lowest BCUT2D eigenvalue weighted by molar-refractivity contribution is 0.393. The van der Waals surface area contributed by atoms with Gasteiger partial charge in [0.25, 0.3) is 0 Å². The molecule has 1 heterocycles. The second kappa shape index (κ2) is 7.43. The Kier molecular flexibility index (Phi) is 6.04. The summed E-state index contributed by atoms with van der Waals surface area (Å²) in [6.07, 6.45) is 8.08. The molecule has 0 atom stereocenters. The van der Waals surface area contributed by atoms with E-state index in [-0.39, 0.29) is 0 Å². The number of aromatic nitrogens is 2. The highest BCUT2D eigenvalue weighted by Crippen LogP contribution is 1.89. The zero-order chi connectivity index (χ0) is 10.9. The molecule has 0 unspecified atom stereocenters. The molecule has 1 N–H and O–H groups in total. The second-order valence-corrected chi connectivity index (χ2v) is 4.06. The fraction of sp³-hybridized carbons (Fsp3) is 0.727. The molecule has 1 rings (SSSR count). The SMILES string of the molecule is CN(C)CCCNCCCn1ccnc1. The predicted molar refractivity (Wildman–Crippen MR) is 62.9 cm³/mol. The van der Waals surface area contributed by atoms with Gasteiger partial charge in [-0.2, -0.15) is 0 Å². The molecule has 0 amide bonds. The standard InChI is InChI=1S/C11H22N4/c1-14(2)8-3-5-12-6-4-9-15-10-7-13-11-15/h7,10-12H,3-6,8-9H2,1-2H3. The Morgan fingerprint density at radius 3 is 2.73 bits per heavy atom. The summed E-state index contributed by atoms with van der Waals surface area (Å²) in [6.45, 7) is 4.42. The number of rotatable bonds is 8. The van der Waals surface area contributed by atoms with E-state index in [1.165, 1.54) is 12.8 Å². The van der Waals surface area contributed by atoms with Crippen molar-refractivity contribution in [2.24, 2.45) is 0 Å². The average Bonchev–Trinajstić information content (AvgIpc) is 2.68. The monoisotopic (exact) mass is 210 g/mol. The molecule has 0 aliphatic rings. The van der Waals surface area contributed by atoms with Gasteiger partial charge in [-0.15, -0.1) is 0 Å². The van der Waals surface area contributed by atoms with E-state index in [1.807, 2.05) is 18.7 Å². The van der Waals surface area contributed by atoms with Gasteiger partial charge in [0.15, 0.2) is 0 Å². The maximum absolute atomic E-state index is 4.01. The topological polar surface area (TPSA) is 33.1 Å². The van der Waals surface area contributed by atoms with Crippen LogP contribution < -0.4 is 5.32 Å². The summed E-state index contributed by atoms with van der Waals surface area (Å²) in [5.41, 5.74) is 0. The number of hydrogen-bond donors (Lipinski definition) is 1. The van der Waals surface area contributed by atoms with Gasteiger partial charge in [0.2, 0.25) is 0 Å². The van der Waals surface area contributed by atoms with E-state index in [1.54, 1.807) is 0 Å². The molecule has 4 heteroatoms. The molecule has 86 valence electrons. The highest BCUT2D eigenvalue weighted by atomic mass is 15.1. The Labute approximate surface area is 92.3 Å². The van der Waals surface area contributed by atoms with Crippen molar-refractivity contribution in [2.45, 2.75) is 19.4 Å². The van der Waals surface area contributed by atoms with Gasteiger partial charge in [-0.1, -0.05) is 0 Å².